The van der Waals surface area contributed by atoms with Crippen LogP contribution >= 0.6 is 11.8 Å². The lowest BCUT2D eigenvalue weighted by Crippen LogP contribution is -2.16. The van der Waals surface area contributed by atoms with Gasteiger partial charge in [-0.3, -0.25) is 0 Å². The summed E-state index contributed by atoms with van der Waals surface area (Å²) in [5, 5.41) is 6.97. The molecule has 0 saturated carbocycles. The van der Waals surface area contributed by atoms with E-state index < -0.39 is 0 Å². The van der Waals surface area contributed by atoms with Crippen LogP contribution in [0.25, 0.3) is 83.2 Å². The van der Waals surface area contributed by atoms with Crippen LogP contribution in [0.15, 0.2) is 210 Å². The lowest BCUT2D eigenvalue weighted by molar-refractivity contribution is 1.06. The van der Waals surface area contributed by atoms with Crippen molar-refractivity contribution in [3.8, 4) is 39.9 Å². The van der Waals surface area contributed by atoms with Crippen molar-refractivity contribution in [2.45, 2.75) is 9.79 Å². The molecule has 0 amide bonds. The van der Waals surface area contributed by atoms with E-state index in [4.69, 9.17) is 15.0 Å². The second-order valence-corrected chi connectivity index (χ2v) is 15.9. The molecule has 59 heavy (non-hydrogen) atoms. The summed E-state index contributed by atoms with van der Waals surface area (Å²) in [6.45, 7) is 0. The molecule has 0 saturated heterocycles. The first-order valence-electron chi connectivity index (χ1n) is 19.8. The Kier molecular flexibility index (Phi) is 7.71. The Morgan fingerprint density at radius 3 is 1.47 bits per heavy atom. The summed E-state index contributed by atoms with van der Waals surface area (Å²) in [5.41, 5.74) is 9.64. The zero-order valence-electron chi connectivity index (χ0n) is 31.7. The van der Waals surface area contributed by atoms with Crippen LogP contribution in [0, 0.1) is 0 Å². The van der Waals surface area contributed by atoms with E-state index in [2.05, 4.69) is 210 Å². The van der Waals surface area contributed by atoms with Gasteiger partial charge in [0.15, 0.2) is 17.5 Å². The second kappa shape index (κ2) is 13.5. The minimum atomic E-state index is 0.633. The van der Waals surface area contributed by atoms with Crippen molar-refractivity contribution in [2.24, 2.45) is 0 Å². The van der Waals surface area contributed by atoms with Gasteiger partial charge >= 0.3 is 0 Å². The van der Waals surface area contributed by atoms with Crippen molar-refractivity contribution >= 4 is 72.2 Å². The maximum Gasteiger partial charge on any atom is 0.165 e. The predicted octanol–water partition coefficient (Wildman–Crippen LogP) is 14.2. The zero-order valence-corrected chi connectivity index (χ0v) is 32.5. The number of hydrogen-bond donors (Lipinski definition) is 0. The molecule has 5 nitrogen and oxygen atoms in total. The molecule has 6 heteroatoms. The fourth-order valence-electron chi connectivity index (χ4n) is 8.78. The number of fused-ring (bicyclic) bond motifs is 7. The average molecular weight is 772 g/mol. The van der Waals surface area contributed by atoms with Crippen molar-refractivity contribution in [3.05, 3.63) is 200 Å². The summed E-state index contributed by atoms with van der Waals surface area (Å²) < 4.78 is 2.38. The van der Waals surface area contributed by atoms with Crippen molar-refractivity contribution in [1.82, 2.24) is 19.5 Å². The highest BCUT2D eigenvalue weighted by molar-refractivity contribution is 8.00. The van der Waals surface area contributed by atoms with Gasteiger partial charge < -0.3 is 9.47 Å². The third-order valence-electron chi connectivity index (χ3n) is 11.4. The topological polar surface area (TPSA) is 46.8 Å². The van der Waals surface area contributed by atoms with Crippen LogP contribution in [-0.2, 0) is 0 Å². The Hall–Kier alpha value is -7.54. The van der Waals surface area contributed by atoms with Gasteiger partial charge in [0.05, 0.1) is 22.4 Å². The zero-order chi connectivity index (χ0) is 38.9. The Balaban J connectivity index is 1.07. The van der Waals surface area contributed by atoms with Gasteiger partial charge in [-0.15, -0.1) is 0 Å². The SMILES string of the molecule is c1cc(N2c3ccccc3Sc3c(-c4nc(-c5cccc6ccccc56)nc(-c5cccc6ccccc56)n4)cccc32)cc(-n2c3ccccc3c3ccccc32)c1. The number of benzene rings is 9. The lowest BCUT2D eigenvalue weighted by Gasteiger charge is -2.34. The van der Waals surface area contributed by atoms with E-state index >= 15 is 0 Å². The number of aromatic nitrogens is 4. The van der Waals surface area contributed by atoms with Gasteiger partial charge in [0.25, 0.3) is 0 Å². The Labute approximate surface area is 344 Å². The standard InChI is InChI=1S/C53H33N5S/c1-3-21-38-34(15-1)17-11-25-42(38)51-54-52(43-26-12-18-35-16-2-4-22-39(35)43)56-53(55-51)44-27-14-31-48-50(44)59-49-32-10-9-30-47(49)58(48)37-20-13-19-36(33-37)57-45-28-7-5-23-40(45)41-24-6-8-29-46(41)57/h1-33H. The third-order valence-corrected chi connectivity index (χ3v) is 12.6. The molecule has 0 radical (unpaired) electrons. The highest BCUT2D eigenvalue weighted by atomic mass is 32.2. The van der Waals surface area contributed by atoms with Crippen molar-refractivity contribution in [2.75, 3.05) is 4.90 Å². The van der Waals surface area contributed by atoms with Gasteiger partial charge in [-0.25, -0.2) is 15.0 Å². The van der Waals surface area contributed by atoms with Gasteiger partial charge in [0.2, 0.25) is 0 Å². The molecule has 0 unspecified atom stereocenters. The first-order valence-corrected chi connectivity index (χ1v) is 20.6. The fourth-order valence-corrected chi connectivity index (χ4v) is 9.94. The highest BCUT2D eigenvalue weighted by Gasteiger charge is 2.29. The van der Waals surface area contributed by atoms with Crippen molar-refractivity contribution < 1.29 is 0 Å². The molecule has 0 spiro atoms. The quantitative estimate of drug-likeness (QED) is 0.174. The number of para-hydroxylation sites is 3. The number of anilines is 3. The van der Waals surface area contributed by atoms with Gasteiger partial charge in [0.1, 0.15) is 0 Å². The van der Waals surface area contributed by atoms with Crippen molar-refractivity contribution in [3.63, 3.8) is 0 Å². The number of nitrogens with zero attached hydrogens (tertiary/aromatic N) is 5. The molecule has 3 heterocycles. The number of rotatable bonds is 5. The molecule has 2 aromatic heterocycles. The van der Waals surface area contributed by atoms with E-state index in [0.29, 0.717) is 17.5 Å². The van der Waals surface area contributed by atoms with E-state index in [9.17, 15) is 0 Å². The van der Waals surface area contributed by atoms with Crippen molar-refractivity contribution in [1.29, 1.82) is 0 Å². The molecule has 0 N–H and O–H groups in total. The molecule has 1 aliphatic rings. The first-order chi connectivity index (χ1) is 29.3. The second-order valence-electron chi connectivity index (χ2n) is 14.8. The molecule has 1 aliphatic heterocycles. The third kappa shape index (κ3) is 5.45. The normalized spacial score (nSPS) is 12.3. The summed E-state index contributed by atoms with van der Waals surface area (Å²) >= 11 is 1.77. The number of hydrogen-bond acceptors (Lipinski definition) is 5. The minimum absolute atomic E-state index is 0.633. The molecule has 9 aromatic carbocycles. The molecule has 0 fully saturated rings. The van der Waals surface area contributed by atoms with Gasteiger partial charge in [0, 0.05) is 48.6 Å². The van der Waals surface area contributed by atoms with Crippen LogP contribution in [0.2, 0.25) is 0 Å². The molecular weight excluding hydrogens is 739 g/mol. The van der Waals surface area contributed by atoms with Crippen LogP contribution in [-0.4, -0.2) is 19.5 Å². The van der Waals surface area contributed by atoms with E-state index in [1.807, 2.05) is 0 Å². The first kappa shape index (κ1) is 33.6. The summed E-state index contributed by atoms with van der Waals surface area (Å²) in [7, 11) is 0. The highest BCUT2D eigenvalue weighted by Crippen LogP contribution is 2.54. The smallest absolute Gasteiger partial charge is 0.165 e. The molecule has 11 aromatic rings. The summed E-state index contributed by atoms with van der Waals surface area (Å²) in [6.07, 6.45) is 0. The molecular formula is C53H33N5S. The van der Waals surface area contributed by atoms with Gasteiger partial charge in [-0.1, -0.05) is 157 Å². The molecule has 276 valence electrons. The minimum Gasteiger partial charge on any atom is -0.309 e. The summed E-state index contributed by atoms with van der Waals surface area (Å²) in [6, 6.07) is 70.9. The van der Waals surface area contributed by atoms with E-state index in [-0.39, 0.29) is 0 Å². The lowest BCUT2D eigenvalue weighted by atomic mass is 10.0. The van der Waals surface area contributed by atoms with Crippen LogP contribution in [0.5, 0.6) is 0 Å². The van der Waals surface area contributed by atoms with Gasteiger partial charge in [-0.2, -0.15) is 0 Å². The van der Waals surface area contributed by atoms with Gasteiger partial charge in [-0.05, 0) is 76.1 Å². The fraction of sp³-hybridized carbons (Fsp3) is 0. The maximum absolute atomic E-state index is 5.34. The Bertz CT molecular complexity index is 3300. The molecule has 0 bridgehead atoms. The van der Waals surface area contributed by atoms with Crippen LogP contribution in [0.4, 0.5) is 17.1 Å². The average Bonchev–Trinajstić information content (AvgIpc) is 3.64. The molecule has 12 rings (SSSR count). The van der Waals surface area contributed by atoms with Crippen LogP contribution in [0.3, 0.4) is 0 Å². The van der Waals surface area contributed by atoms with Crippen LogP contribution in [0.1, 0.15) is 0 Å². The van der Waals surface area contributed by atoms with E-state index in [0.717, 1.165) is 70.8 Å². The largest absolute Gasteiger partial charge is 0.309 e. The summed E-state index contributed by atoms with van der Waals surface area (Å²) in [4.78, 5) is 20.6. The van der Waals surface area contributed by atoms with E-state index in [1.165, 1.54) is 21.8 Å². The molecule has 0 aliphatic carbocycles. The molecule has 0 atom stereocenters. The Morgan fingerprint density at radius 1 is 0.356 bits per heavy atom. The van der Waals surface area contributed by atoms with Crippen LogP contribution < -0.4 is 4.90 Å². The predicted molar refractivity (Wildman–Crippen MR) is 244 cm³/mol. The maximum atomic E-state index is 5.34. The summed E-state index contributed by atoms with van der Waals surface area (Å²) in [5.74, 6) is 1.92. The van der Waals surface area contributed by atoms with E-state index in [1.54, 1.807) is 11.8 Å². The Morgan fingerprint density at radius 2 is 0.814 bits per heavy atom. The monoisotopic (exact) mass is 771 g/mol.